The largest absolute Gasteiger partial charge is 0.497 e. The number of benzene rings is 1. The normalized spacial score (nSPS) is 17.8. The Bertz CT molecular complexity index is 644. The van der Waals surface area contributed by atoms with Gasteiger partial charge in [-0.1, -0.05) is 0 Å². The SMILES string of the molecule is CCOC(=O)C1CCCc2c1[nH]c1ccc(OC)cc21. The van der Waals surface area contributed by atoms with Crippen LogP contribution in [-0.4, -0.2) is 24.7 Å². The molecular formula is C16H19NO3. The van der Waals surface area contributed by atoms with Crippen LogP contribution in [0.3, 0.4) is 0 Å². The molecule has 0 fully saturated rings. The lowest BCUT2D eigenvalue weighted by Crippen LogP contribution is -2.20. The number of carbonyl (C=O) groups is 1. The molecule has 3 rings (SSSR count). The van der Waals surface area contributed by atoms with E-state index in [-0.39, 0.29) is 11.9 Å². The van der Waals surface area contributed by atoms with E-state index in [2.05, 4.69) is 4.98 Å². The van der Waals surface area contributed by atoms with Crippen molar-refractivity contribution in [2.45, 2.75) is 32.1 Å². The summed E-state index contributed by atoms with van der Waals surface area (Å²) >= 11 is 0. The summed E-state index contributed by atoms with van der Waals surface area (Å²) in [4.78, 5) is 15.5. The Labute approximate surface area is 118 Å². The second-order valence-electron chi connectivity index (χ2n) is 5.13. The van der Waals surface area contributed by atoms with E-state index in [1.165, 1.54) is 5.56 Å². The van der Waals surface area contributed by atoms with E-state index < -0.39 is 0 Å². The summed E-state index contributed by atoms with van der Waals surface area (Å²) < 4.78 is 10.5. The smallest absolute Gasteiger partial charge is 0.314 e. The summed E-state index contributed by atoms with van der Waals surface area (Å²) in [5.74, 6) is 0.571. The van der Waals surface area contributed by atoms with Crippen molar-refractivity contribution >= 4 is 16.9 Å². The van der Waals surface area contributed by atoms with Gasteiger partial charge in [0.25, 0.3) is 0 Å². The molecule has 0 saturated carbocycles. The molecule has 20 heavy (non-hydrogen) atoms. The van der Waals surface area contributed by atoms with Gasteiger partial charge in [0, 0.05) is 16.6 Å². The third kappa shape index (κ3) is 2.05. The van der Waals surface area contributed by atoms with Gasteiger partial charge in [-0.05, 0) is 49.9 Å². The van der Waals surface area contributed by atoms with E-state index in [0.717, 1.165) is 41.6 Å². The van der Waals surface area contributed by atoms with Crippen molar-refractivity contribution in [2.75, 3.05) is 13.7 Å². The van der Waals surface area contributed by atoms with Crippen LogP contribution in [-0.2, 0) is 16.0 Å². The van der Waals surface area contributed by atoms with Crippen LogP contribution in [0.15, 0.2) is 18.2 Å². The van der Waals surface area contributed by atoms with E-state index in [1.54, 1.807) is 7.11 Å². The highest BCUT2D eigenvalue weighted by Gasteiger charge is 2.30. The number of aromatic amines is 1. The lowest BCUT2D eigenvalue weighted by Gasteiger charge is -2.20. The van der Waals surface area contributed by atoms with E-state index in [4.69, 9.17) is 9.47 Å². The van der Waals surface area contributed by atoms with Crippen molar-refractivity contribution in [2.24, 2.45) is 0 Å². The first-order valence-corrected chi connectivity index (χ1v) is 7.09. The highest BCUT2D eigenvalue weighted by molar-refractivity contribution is 5.89. The molecule has 1 aromatic heterocycles. The van der Waals surface area contributed by atoms with Crippen molar-refractivity contribution in [3.05, 3.63) is 29.5 Å². The second kappa shape index (κ2) is 5.19. The standard InChI is InChI=1S/C16H19NO3/c1-3-20-16(18)12-6-4-5-11-13-9-10(19-2)7-8-14(13)17-15(11)12/h7-9,12,17H,3-6H2,1-2H3. The molecule has 0 radical (unpaired) electrons. The molecule has 0 bridgehead atoms. The number of rotatable bonds is 3. The lowest BCUT2D eigenvalue weighted by atomic mass is 9.87. The number of H-pyrrole nitrogens is 1. The Balaban J connectivity index is 2.08. The number of hydrogen-bond donors (Lipinski definition) is 1. The summed E-state index contributed by atoms with van der Waals surface area (Å²) in [6.45, 7) is 2.27. The average Bonchev–Trinajstić information content (AvgIpc) is 2.84. The third-order valence-electron chi connectivity index (χ3n) is 3.99. The first-order chi connectivity index (χ1) is 9.74. The first kappa shape index (κ1) is 13.0. The van der Waals surface area contributed by atoms with Gasteiger partial charge in [-0.2, -0.15) is 0 Å². The molecule has 1 unspecified atom stereocenters. The fourth-order valence-electron chi connectivity index (χ4n) is 3.05. The molecule has 0 aliphatic heterocycles. The van der Waals surface area contributed by atoms with Gasteiger partial charge in [-0.25, -0.2) is 0 Å². The number of ether oxygens (including phenoxy) is 2. The van der Waals surface area contributed by atoms with E-state index in [0.29, 0.717) is 6.61 Å². The van der Waals surface area contributed by atoms with E-state index >= 15 is 0 Å². The van der Waals surface area contributed by atoms with Gasteiger partial charge in [0.15, 0.2) is 0 Å². The number of esters is 1. The van der Waals surface area contributed by atoms with Crippen molar-refractivity contribution in [3.63, 3.8) is 0 Å². The average molecular weight is 273 g/mol. The predicted octanol–water partition coefficient (Wildman–Crippen LogP) is 3.16. The quantitative estimate of drug-likeness (QED) is 0.874. The van der Waals surface area contributed by atoms with E-state index in [1.807, 2.05) is 25.1 Å². The Morgan fingerprint density at radius 3 is 3.05 bits per heavy atom. The Morgan fingerprint density at radius 2 is 2.30 bits per heavy atom. The highest BCUT2D eigenvalue weighted by Crippen LogP contribution is 2.37. The topological polar surface area (TPSA) is 51.3 Å². The van der Waals surface area contributed by atoms with Gasteiger partial charge in [0.2, 0.25) is 0 Å². The molecule has 1 heterocycles. The number of aromatic nitrogens is 1. The zero-order valence-electron chi connectivity index (χ0n) is 11.9. The van der Waals surface area contributed by atoms with Crippen LogP contribution in [0.5, 0.6) is 5.75 Å². The summed E-state index contributed by atoms with van der Waals surface area (Å²) in [6.07, 6.45) is 2.87. The zero-order chi connectivity index (χ0) is 14.1. The molecule has 1 atom stereocenters. The van der Waals surface area contributed by atoms with Crippen molar-refractivity contribution in [1.29, 1.82) is 0 Å². The summed E-state index contributed by atoms with van der Waals surface area (Å²) in [5, 5.41) is 1.16. The summed E-state index contributed by atoms with van der Waals surface area (Å²) in [5.41, 5.74) is 3.33. The van der Waals surface area contributed by atoms with E-state index in [9.17, 15) is 4.79 Å². The molecule has 0 amide bonds. The molecule has 1 aromatic carbocycles. The van der Waals surface area contributed by atoms with Crippen molar-refractivity contribution in [3.8, 4) is 5.75 Å². The van der Waals surface area contributed by atoms with Crippen LogP contribution in [0.4, 0.5) is 0 Å². The van der Waals surface area contributed by atoms with Crippen molar-refractivity contribution in [1.82, 2.24) is 4.98 Å². The van der Waals surface area contributed by atoms with Gasteiger partial charge in [0.1, 0.15) is 5.75 Å². The molecule has 0 saturated heterocycles. The third-order valence-corrected chi connectivity index (χ3v) is 3.99. The molecule has 0 spiro atoms. The van der Waals surface area contributed by atoms with Crippen LogP contribution < -0.4 is 4.74 Å². The van der Waals surface area contributed by atoms with Crippen LogP contribution in [0.1, 0.15) is 36.9 Å². The monoisotopic (exact) mass is 273 g/mol. The number of hydrogen-bond acceptors (Lipinski definition) is 3. The minimum atomic E-state index is -0.155. The number of fused-ring (bicyclic) bond motifs is 3. The van der Waals surface area contributed by atoms with Crippen LogP contribution in [0, 0.1) is 0 Å². The number of aryl methyl sites for hydroxylation is 1. The van der Waals surface area contributed by atoms with Gasteiger partial charge in [0.05, 0.1) is 19.6 Å². The minimum Gasteiger partial charge on any atom is -0.497 e. The molecule has 1 aliphatic rings. The van der Waals surface area contributed by atoms with Crippen LogP contribution in [0.25, 0.3) is 10.9 Å². The van der Waals surface area contributed by atoms with Gasteiger partial charge >= 0.3 is 5.97 Å². The molecule has 1 aliphatic carbocycles. The zero-order valence-corrected chi connectivity index (χ0v) is 11.9. The Kier molecular flexibility index (Phi) is 3.38. The fraction of sp³-hybridized carbons (Fsp3) is 0.438. The number of carbonyl (C=O) groups excluding carboxylic acids is 1. The summed E-state index contributed by atoms with van der Waals surface area (Å²) in [7, 11) is 1.67. The lowest BCUT2D eigenvalue weighted by molar-refractivity contribution is -0.145. The highest BCUT2D eigenvalue weighted by atomic mass is 16.5. The molecule has 106 valence electrons. The maximum absolute atomic E-state index is 12.1. The van der Waals surface area contributed by atoms with Crippen molar-refractivity contribution < 1.29 is 14.3 Å². The molecule has 1 N–H and O–H groups in total. The van der Waals surface area contributed by atoms with Gasteiger partial charge in [-0.3, -0.25) is 4.79 Å². The fourth-order valence-corrected chi connectivity index (χ4v) is 3.05. The number of nitrogens with one attached hydrogen (secondary N) is 1. The Hall–Kier alpha value is -1.97. The molecule has 2 aromatic rings. The predicted molar refractivity (Wildman–Crippen MR) is 77.2 cm³/mol. The first-order valence-electron chi connectivity index (χ1n) is 7.09. The summed E-state index contributed by atoms with van der Waals surface area (Å²) in [6, 6.07) is 5.98. The Morgan fingerprint density at radius 1 is 1.45 bits per heavy atom. The molecular weight excluding hydrogens is 254 g/mol. The maximum Gasteiger partial charge on any atom is 0.314 e. The maximum atomic E-state index is 12.1. The number of methoxy groups -OCH3 is 1. The van der Waals surface area contributed by atoms with Crippen LogP contribution in [0.2, 0.25) is 0 Å². The van der Waals surface area contributed by atoms with Gasteiger partial charge in [-0.15, -0.1) is 0 Å². The van der Waals surface area contributed by atoms with Gasteiger partial charge < -0.3 is 14.5 Å². The van der Waals surface area contributed by atoms with Crippen LogP contribution >= 0.6 is 0 Å². The molecule has 4 heteroatoms. The second-order valence-corrected chi connectivity index (χ2v) is 5.13. The molecule has 4 nitrogen and oxygen atoms in total. The minimum absolute atomic E-state index is 0.119.